The highest BCUT2D eigenvalue weighted by molar-refractivity contribution is 5.72. The number of esters is 1. The molecule has 0 saturated heterocycles. The van der Waals surface area contributed by atoms with Gasteiger partial charge in [-0.05, 0) is 12.8 Å². The van der Waals surface area contributed by atoms with Crippen molar-refractivity contribution in [3.05, 3.63) is 0 Å². The molecular formula is C39H78O2. The zero-order chi connectivity index (χ0) is 32.4. The molecule has 0 aromatic heterocycles. The molecule has 0 saturated carbocycles. The molecule has 0 aliphatic heterocycles. The molecule has 0 amide bonds. The van der Waals surface area contributed by atoms with E-state index < -0.39 is 13.0 Å². The van der Waals surface area contributed by atoms with Crippen LogP contribution < -0.4 is 0 Å². The smallest absolute Gasteiger partial charge is 0.308 e. The van der Waals surface area contributed by atoms with Crippen LogP contribution in [0.1, 0.15) is 236 Å². The minimum atomic E-state index is -2.63. The number of rotatable bonds is 35. The van der Waals surface area contributed by atoms with Crippen LogP contribution in [0, 0.1) is 5.92 Å². The molecule has 0 spiro atoms. The van der Waals surface area contributed by atoms with Gasteiger partial charge in [-0.3, -0.25) is 4.79 Å². The first kappa shape index (κ1) is 35.0. The van der Waals surface area contributed by atoms with Crippen LogP contribution in [0.4, 0.5) is 0 Å². The van der Waals surface area contributed by atoms with Crippen molar-refractivity contribution < 1.29 is 13.6 Å². The second-order valence-electron chi connectivity index (χ2n) is 13.3. The molecule has 0 bridgehead atoms. The standard InChI is InChI=1S/C39H78O2/c1-4-6-8-10-12-14-16-18-20-22-24-26-28-30-32-34-36-38(39(40)41-3)37-35-33-31-29-27-25-23-21-19-17-15-13-11-9-7-5-2/h38H,4-37H2,1-3H3/i3D3. The van der Waals surface area contributed by atoms with E-state index in [-0.39, 0.29) is 5.92 Å². The van der Waals surface area contributed by atoms with E-state index in [0.29, 0.717) is 0 Å². The summed E-state index contributed by atoms with van der Waals surface area (Å²) in [6, 6.07) is 0. The van der Waals surface area contributed by atoms with E-state index in [1.807, 2.05) is 0 Å². The molecule has 0 aromatic rings. The van der Waals surface area contributed by atoms with Crippen LogP contribution in [0.3, 0.4) is 0 Å². The first-order valence-electron chi connectivity index (χ1n) is 20.6. The highest BCUT2D eigenvalue weighted by Crippen LogP contribution is 2.21. The Kier molecular flexibility index (Phi) is 30.4. The molecule has 0 unspecified atom stereocenters. The van der Waals surface area contributed by atoms with Gasteiger partial charge in [0, 0.05) is 0 Å². The van der Waals surface area contributed by atoms with Gasteiger partial charge >= 0.3 is 5.97 Å². The summed E-state index contributed by atoms with van der Waals surface area (Å²) in [7, 11) is -2.63. The van der Waals surface area contributed by atoms with Crippen molar-refractivity contribution in [2.75, 3.05) is 7.04 Å². The lowest BCUT2D eigenvalue weighted by Crippen LogP contribution is -2.16. The van der Waals surface area contributed by atoms with Crippen molar-refractivity contribution in [2.24, 2.45) is 5.92 Å². The maximum Gasteiger partial charge on any atom is 0.308 e. The number of ether oxygens (including phenoxy) is 1. The molecule has 246 valence electrons. The second-order valence-corrected chi connectivity index (χ2v) is 13.3. The summed E-state index contributed by atoms with van der Waals surface area (Å²) in [5, 5.41) is 0. The lowest BCUT2D eigenvalue weighted by atomic mass is 9.94. The van der Waals surface area contributed by atoms with Crippen molar-refractivity contribution in [3.8, 4) is 0 Å². The monoisotopic (exact) mass is 582 g/mol. The van der Waals surface area contributed by atoms with Crippen molar-refractivity contribution >= 4 is 5.97 Å². The molecule has 0 fully saturated rings. The topological polar surface area (TPSA) is 26.3 Å². The maximum absolute atomic E-state index is 12.6. The van der Waals surface area contributed by atoms with Crippen molar-refractivity contribution in [2.45, 2.75) is 232 Å². The molecule has 2 nitrogen and oxygen atoms in total. The Balaban J connectivity index is 3.77. The van der Waals surface area contributed by atoms with Crippen LogP contribution in [-0.2, 0) is 9.53 Å². The normalized spacial score (nSPS) is 12.9. The lowest BCUT2D eigenvalue weighted by Gasteiger charge is -2.14. The van der Waals surface area contributed by atoms with Gasteiger partial charge < -0.3 is 4.74 Å². The molecule has 0 heterocycles. The predicted octanol–water partition coefficient (Wildman–Crippen LogP) is 14.1. The van der Waals surface area contributed by atoms with Crippen LogP contribution in [-0.4, -0.2) is 13.0 Å². The van der Waals surface area contributed by atoms with E-state index in [1.165, 1.54) is 180 Å². The average Bonchev–Trinajstić information content (AvgIpc) is 2.98. The van der Waals surface area contributed by atoms with E-state index in [0.717, 1.165) is 38.5 Å². The quantitative estimate of drug-likeness (QED) is 0.0549. The van der Waals surface area contributed by atoms with E-state index in [4.69, 9.17) is 8.85 Å². The summed E-state index contributed by atoms with van der Waals surface area (Å²) in [5.74, 6) is -0.763. The molecule has 2 heteroatoms. The SMILES string of the molecule is [2H]C([2H])([2H])OC(=O)C(CCCCCCCCCCCCCCCCCC)CCCCCCCCCCCCCCCCCC. The summed E-state index contributed by atoms with van der Waals surface area (Å²) in [5.41, 5.74) is 0. The average molecular weight is 582 g/mol. The van der Waals surface area contributed by atoms with Gasteiger partial charge in [-0.15, -0.1) is 0 Å². The number of carbonyl (C=O) groups excluding carboxylic acids is 1. The van der Waals surface area contributed by atoms with Gasteiger partial charge in [0.1, 0.15) is 0 Å². The lowest BCUT2D eigenvalue weighted by molar-refractivity contribution is -0.146. The Hall–Kier alpha value is -0.530. The fourth-order valence-corrected chi connectivity index (χ4v) is 6.34. The zero-order valence-corrected chi connectivity index (χ0v) is 28.4. The van der Waals surface area contributed by atoms with Gasteiger partial charge in [0.25, 0.3) is 0 Å². The summed E-state index contributed by atoms with van der Waals surface area (Å²) in [6.45, 7) is 4.56. The van der Waals surface area contributed by atoms with Gasteiger partial charge in [-0.2, -0.15) is 0 Å². The number of carbonyl (C=O) groups is 1. The molecule has 0 atom stereocenters. The molecule has 0 radical (unpaired) electrons. The molecule has 0 N–H and O–H groups in total. The third-order valence-electron chi connectivity index (χ3n) is 9.25. The molecule has 0 aliphatic carbocycles. The van der Waals surface area contributed by atoms with Crippen molar-refractivity contribution in [1.29, 1.82) is 0 Å². The number of unbranched alkanes of at least 4 members (excludes halogenated alkanes) is 30. The third kappa shape index (κ3) is 32.2. The van der Waals surface area contributed by atoms with E-state index in [9.17, 15) is 4.79 Å². The highest BCUT2D eigenvalue weighted by Gasteiger charge is 2.18. The maximum atomic E-state index is 12.6. The Morgan fingerprint density at radius 1 is 0.415 bits per heavy atom. The predicted molar refractivity (Wildman–Crippen MR) is 184 cm³/mol. The fourth-order valence-electron chi connectivity index (χ4n) is 6.34. The van der Waals surface area contributed by atoms with E-state index in [1.54, 1.807) is 0 Å². The molecular weight excluding hydrogens is 500 g/mol. The summed E-state index contributed by atoms with van der Waals surface area (Å²) in [6.07, 6.45) is 44.2. The van der Waals surface area contributed by atoms with Crippen LogP contribution in [0.2, 0.25) is 0 Å². The summed E-state index contributed by atoms with van der Waals surface area (Å²) < 4.78 is 26.9. The van der Waals surface area contributed by atoms with Crippen LogP contribution in [0.15, 0.2) is 0 Å². The van der Waals surface area contributed by atoms with Crippen molar-refractivity contribution in [3.63, 3.8) is 0 Å². The number of hydrogen-bond acceptors (Lipinski definition) is 2. The van der Waals surface area contributed by atoms with Gasteiger partial charge in [-0.25, -0.2) is 0 Å². The van der Waals surface area contributed by atoms with Crippen molar-refractivity contribution in [1.82, 2.24) is 0 Å². The minimum absolute atomic E-state index is 0.256. The van der Waals surface area contributed by atoms with Gasteiger partial charge in [-0.1, -0.05) is 219 Å². The molecule has 0 aromatic carbocycles. The Bertz CT molecular complexity index is 542. The first-order valence-corrected chi connectivity index (χ1v) is 19.1. The summed E-state index contributed by atoms with van der Waals surface area (Å²) in [4.78, 5) is 12.6. The van der Waals surface area contributed by atoms with Gasteiger partial charge in [0.05, 0.1) is 17.1 Å². The number of hydrogen-bond donors (Lipinski definition) is 0. The van der Waals surface area contributed by atoms with Crippen LogP contribution >= 0.6 is 0 Å². The Morgan fingerprint density at radius 3 is 0.854 bits per heavy atom. The molecule has 0 aliphatic rings. The third-order valence-corrected chi connectivity index (χ3v) is 9.25. The zero-order valence-electron chi connectivity index (χ0n) is 31.4. The fraction of sp³-hybridized carbons (Fsp3) is 0.974. The van der Waals surface area contributed by atoms with Gasteiger partial charge in [0.2, 0.25) is 0 Å². The Labute approximate surface area is 264 Å². The second kappa shape index (κ2) is 35.7. The number of methoxy groups -OCH3 is 1. The van der Waals surface area contributed by atoms with Crippen LogP contribution in [0.25, 0.3) is 0 Å². The summed E-state index contributed by atoms with van der Waals surface area (Å²) >= 11 is 0. The van der Waals surface area contributed by atoms with Crippen LogP contribution in [0.5, 0.6) is 0 Å². The van der Waals surface area contributed by atoms with E-state index >= 15 is 0 Å². The highest BCUT2D eigenvalue weighted by atomic mass is 16.5. The first-order chi connectivity index (χ1) is 21.4. The molecule has 0 rings (SSSR count). The van der Waals surface area contributed by atoms with E-state index in [2.05, 4.69) is 13.8 Å². The van der Waals surface area contributed by atoms with Gasteiger partial charge in [0.15, 0.2) is 0 Å². The molecule has 41 heavy (non-hydrogen) atoms. The minimum Gasteiger partial charge on any atom is -0.469 e. The Morgan fingerprint density at radius 2 is 0.634 bits per heavy atom. The largest absolute Gasteiger partial charge is 0.469 e.